The van der Waals surface area contributed by atoms with Crippen molar-refractivity contribution in [3.05, 3.63) is 0 Å². The molecule has 3 heteroatoms. The number of nitrogens with zero attached hydrogens (tertiary/aromatic N) is 1. The molecule has 2 fully saturated rings. The van der Waals surface area contributed by atoms with E-state index in [-0.39, 0.29) is 17.6 Å². The van der Waals surface area contributed by atoms with E-state index in [4.69, 9.17) is 0 Å². The van der Waals surface area contributed by atoms with Gasteiger partial charge in [-0.1, -0.05) is 12.8 Å². The fourth-order valence-corrected chi connectivity index (χ4v) is 2.58. The molecule has 2 rings (SSSR count). The molecule has 0 bridgehead atoms. The van der Waals surface area contributed by atoms with E-state index < -0.39 is 0 Å². The molecule has 15 heavy (non-hydrogen) atoms. The number of carbonyl (C=O) groups is 2. The maximum atomic E-state index is 12.1. The van der Waals surface area contributed by atoms with Crippen molar-refractivity contribution >= 4 is 11.7 Å². The zero-order valence-corrected chi connectivity index (χ0v) is 9.21. The van der Waals surface area contributed by atoms with E-state index in [1.807, 2.05) is 4.90 Å². The smallest absolute Gasteiger partial charge is 0.233 e. The van der Waals surface area contributed by atoms with Crippen LogP contribution in [0.25, 0.3) is 0 Å². The Balaban J connectivity index is 2.00. The molecule has 1 aliphatic carbocycles. The van der Waals surface area contributed by atoms with Gasteiger partial charge in [0.2, 0.25) is 5.91 Å². The SMILES string of the molecule is O=C1CCCCCC1C(=O)N1CCCC1. The predicted molar refractivity (Wildman–Crippen MR) is 57.4 cm³/mol. The van der Waals surface area contributed by atoms with Crippen molar-refractivity contribution in [1.29, 1.82) is 0 Å². The van der Waals surface area contributed by atoms with Gasteiger partial charge in [-0.15, -0.1) is 0 Å². The normalized spacial score (nSPS) is 27.9. The summed E-state index contributed by atoms with van der Waals surface area (Å²) in [5.74, 6) is -0.00519. The third kappa shape index (κ3) is 2.39. The van der Waals surface area contributed by atoms with Crippen LogP contribution >= 0.6 is 0 Å². The van der Waals surface area contributed by atoms with Crippen LogP contribution < -0.4 is 0 Å². The molecule has 3 nitrogen and oxygen atoms in total. The van der Waals surface area contributed by atoms with Crippen LogP contribution in [0.5, 0.6) is 0 Å². The first-order valence-electron chi connectivity index (χ1n) is 6.10. The highest BCUT2D eigenvalue weighted by atomic mass is 16.2. The maximum Gasteiger partial charge on any atom is 0.233 e. The van der Waals surface area contributed by atoms with E-state index in [2.05, 4.69) is 0 Å². The summed E-state index contributed by atoms with van der Waals surface area (Å²) in [6, 6.07) is 0. The van der Waals surface area contributed by atoms with E-state index in [9.17, 15) is 9.59 Å². The van der Waals surface area contributed by atoms with Crippen LogP contribution in [0.3, 0.4) is 0 Å². The summed E-state index contributed by atoms with van der Waals surface area (Å²) in [5.41, 5.74) is 0. The molecule has 0 N–H and O–H groups in total. The van der Waals surface area contributed by atoms with Crippen LogP contribution in [0.1, 0.15) is 44.9 Å². The molecule has 1 aliphatic heterocycles. The lowest BCUT2D eigenvalue weighted by Crippen LogP contribution is -2.37. The second-order valence-electron chi connectivity index (χ2n) is 4.65. The number of hydrogen-bond acceptors (Lipinski definition) is 2. The maximum absolute atomic E-state index is 12.1. The van der Waals surface area contributed by atoms with Gasteiger partial charge in [-0.25, -0.2) is 0 Å². The van der Waals surface area contributed by atoms with Crippen LogP contribution in [0.2, 0.25) is 0 Å². The number of likely N-dealkylation sites (tertiary alicyclic amines) is 1. The summed E-state index contributed by atoms with van der Waals surface area (Å²) in [6.07, 6.45) is 6.73. The van der Waals surface area contributed by atoms with Crippen LogP contribution in [0.4, 0.5) is 0 Å². The van der Waals surface area contributed by atoms with E-state index in [0.29, 0.717) is 6.42 Å². The zero-order valence-electron chi connectivity index (χ0n) is 9.21. The third-order valence-electron chi connectivity index (χ3n) is 3.52. The highest BCUT2D eigenvalue weighted by Gasteiger charge is 2.31. The van der Waals surface area contributed by atoms with Gasteiger partial charge < -0.3 is 4.90 Å². The molecule has 84 valence electrons. The van der Waals surface area contributed by atoms with Crippen LogP contribution in [-0.4, -0.2) is 29.7 Å². The molecule has 1 unspecified atom stereocenters. The lowest BCUT2D eigenvalue weighted by Gasteiger charge is -2.20. The van der Waals surface area contributed by atoms with Crippen molar-refractivity contribution in [3.63, 3.8) is 0 Å². The average molecular weight is 209 g/mol. The summed E-state index contributed by atoms with van der Waals surface area (Å²) < 4.78 is 0. The van der Waals surface area contributed by atoms with Gasteiger partial charge >= 0.3 is 0 Å². The summed E-state index contributed by atoms with van der Waals surface area (Å²) in [4.78, 5) is 25.7. The highest BCUT2D eigenvalue weighted by molar-refractivity contribution is 6.01. The topological polar surface area (TPSA) is 37.4 Å². The van der Waals surface area contributed by atoms with Crippen LogP contribution in [0.15, 0.2) is 0 Å². The molecule has 1 saturated carbocycles. The minimum absolute atomic E-state index is 0.111. The van der Waals surface area contributed by atoms with Gasteiger partial charge in [-0.05, 0) is 25.7 Å². The molecule has 2 aliphatic rings. The minimum atomic E-state index is -0.300. The Kier molecular flexibility index (Phi) is 3.39. The molecule has 0 aromatic carbocycles. The van der Waals surface area contributed by atoms with Gasteiger partial charge in [0, 0.05) is 19.5 Å². The quantitative estimate of drug-likeness (QED) is 0.487. The van der Waals surface area contributed by atoms with Crippen molar-refractivity contribution in [2.45, 2.75) is 44.9 Å². The lowest BCUT2D eigenvalue weighted by atomic mass is 9.97. The number of rotatable bonds is 1. The molecule has 0 aromatic rings. The van der Waals surface area contributed by atoms with Crippen molar-refractivity contribution in [2.24, 2.45) is 5.92 Å². The van der Waals surface area contributed by atoms with Crippen molar-refractivity contribution in [1.82, 2.24) is 4.90 Å². The largest absolute Gasteiger partial charge is 0.342 e. The summed E-state index contributed by atoms with van der Waals surface area (Å²) >= 11 is 0. The fourth-order valence-electron chi connectivity index (χ4n) is 2.58. The van der Waals surface area contributed by atoms with Crippen LogP contribution in [0, 0.1) is 5.92 Å². The van der Waals surface area contributed by atoms with Gasteiger partial charge in [0.25, 0.3) is 0 Å². The second-order valence-corrected chi connectivity index (χ2v) is 4.65. The van der Waals surface area contributed by atoms with Gasteiger partial charge in [0.05, 0.1) is 5.92 Å². The highest BCUT2D eigenvalue weighted by Crippen LogP contribution is 2.23. The molecular weight excluding hydrogens is 190 g/mol. The van der Waals surface area contributed by atoms with Crippen molar-refractivity contribution < 1.29 is 9.59 Å². The Labute approximate surface area is 90.8 Å². The molecular formula is C12H19NO2. The molecule has 1 amide bonds. The first-order valence-corrected chi connectivity index (χ1v) is 6.10. The molecule has 1 atom stereocenters. The zero-order chi connectivity index (χ0) is 10.7. The number of amides is 1. The van der Waals surface area contributed by atoms with Crippen molar-refractivity contribution in [2.75, 3.05) is 13.1 Å². The molecule has 1 heterocycles. The van der Waals surface area contributed by atoms with E-state index in [0.717, 1.165) is 51.6 Å². The van der Waals surface area contributed by atoms with E-state index in [1.165, 1.54) is 0 Å². The Bertz CT molecular complexity index is 256. The van der Waals surface area contributed by atoms with E-state index >= 15 is 0 Å². The first-order chi connectivity index (χ1) is 7.29. The standard InChI is InChI=1S/C12H19NO2/c14-11-7-3-1-2-6-10(11)12(15)13-8-4-5-9-13/h10H,1-9H2. The van der Waals surface area contributed by atoms with E-state index in [1.54, 1.807) is 0 Å². The lowest BCUT2D eigenvalue weighted by molar-refractivity contribution is -0.140. The van der Waals surface area contributed by atoms with Gasteiger partial charge in [-0.2, -0.15) is 0 Å². The average Bonchev–Trinajstić information content (AvgIpc) is 2.68. The number of ketones is 1. The van der Waals surface area contributed by atoms with Gasteiger partial charge in [0.1, 0.15) is 5.78 Å². The summed E-state index contributed by atoms with van der Waals surface area (Å²) in [7, 11) is 0. The predicted octanol–water partition coefficient (Wildman–Crippen LogP) is 1.76. The minimum Gasteiger partial charge on any atom is -0.342 e. The number of Topliss-reactive ketones (excluding diaryl/α,β-unsaturated/α-hetero) is 1. The Hall–Kier alpha value is -0.860. The fraction of sp³-hybridized carbons (Fsp3) is 0.833. The molecule has 0 aromatic heterocycles. The Morgan fingerprint density at radius 2 is 1.80 bits per heavy atom. The molecule has 0 spiro atoms. The van der Waals surface area contributed by atoms with Gasteiger partial charge in [0.15, 0.2) is 0 Å². The Morgan fingerprint density at radius 1 is 1.07 bits per heavy atom. The monoisotopic (exact) mass is 209 g/mol. The first kappa shape index (κ1) is 10.7. The third-order valence-corrected chi connectivity index (χ3v) is 3.52. The van der Waals surface area contributed by atoms with Crippen molar-refractivity contribution in [3.8, 4) is 0 Å². The second kappa shape index (κ2) is 4.77. The van der Waals surface area contributed by atoms with Gasteiger partial charge in [-0.3, -0.25) is 9.59 Å². The molecule has 0 radical (unpaired) electrons. The number of carbonyl (C=O) groups excluding carboxylic acids is 2. The number of hydrogen-bond donors (Lipinski definition) is 0. The van der Waals surface area contributed by atoms with Crippen LogP contribution in [-0.2, 0) is 9.59 Å². The Morgan fingerprint density at radius 3 is 2.53 bits per heavy atom. The summed E-state index contributed by atoms with van der Waals surface area (Å²) in [6.45, 7) is 1.73. The summed E-state index contributed by atoms with van der Waals surface area (Å²) in [5, 5.41) is 0. The molecule has 1 saturated heterocycles.